The second-order valence-corrected chi connectivity index (χ2v) is 3.33. The molecule has 2 nitrogen and oxygen atoms in total. The normalized spacial score (nSPS) is 18.3. The number of rotatable bonds is 0. The van der Waals surface area contributed by atoms with E-state index in [1.54, 1.807) is 0 Å². The van der Waals surface area contributed by atoms with Crippen LogP contribution in [0.1, 0.15) is 0 Å². The monoisotopic (exact) mass is 188 g/mol. The van der Waals surface area contributed by atoms with Gasteiger partial charge in [0.15, 0.2) is 0 Å². The third-order valence-electron chi connectivity index (χ3n) is 0.522. The summed E-state index contributed by atoms with van der Waals surface area (Å²) in [5.74, 6) is 0.724. The summed E-state index contributed by atoms with van der Waals surface area (Å²) >= 11 is -0.444. The van der Waals surface area contributed by atoms with E-state index in [1.807, 2.05) is 6.08 Å². The Morgan fingerprint density at radius 3 is 2.83 bits per heavy atom. The molecule has 0 atom stereocenters. The summed E-state index contributed by atoms with van der Waals surface area (Å²) in [5.41, 5.74) is 5.24. The number of nitrogens with zero attached hydrogens (tertiary/aromatic N) is 1. The van der Waals surface area contributed by atoms with E-state index < -0.39 is 21.4 Å². The maximum absolute atomic E-state index is 5.24. The van der Waals surface area contributed by atoms with E-state index >= 15 is 0 Å². The van der Waals surface area contributed by atoms with Gasteiger partial charge < -0.3 is 0 Å². The van der Waals surface area contributed by atoms with Gasteiger partial charge in [0.25, 0.3) is 0 Å². The Balaban J connectivity index is 2.68. The minimum absolute atomic E-state index is 0.444. The molecule has 0 spiro atoms. The summed E-state index contributed by atoms with van der Waals surface area (Å²) in [4.78, 5) is 0. The number of hydrogen-bond donors (Lipinski definition) is 1. The summed E-state index contributed by atoms with van der Waals surface area (Å²) in [6.45, 7) is 0. The molecule has 0 bridgehead atoms. The van der Waals surface area contributed by atoms with Crippen LogP contribution in [0.25, 0.3) is 0 Å². The fraction of sp³-hybridized carbons (Fsp3) is 0. The standard InChI is InChI=1S/C3H4N2.Sn/c1-2-3(4)5;/h1-2H,(H2-,4,5);/q-1;+1. The van der Waals surface area contributed by atoms with E-state index in [0.717, 1.165) is 5.84 Å². The van der Waals surface area contributed by atoms with Gasteiger partial charge in [0, 0.05) is 0 Å². The van der Waals surface area contributed by atoms with Crippen molar-refractivity contribution in [3.8, 4) is 0 Å². The van der Waals surface area contributed by atoms with Crippen molar-refractivity contribution in [3.05, 3.63) is 10.2 Å². The fourth-order valence-electron chi connectivity index (χ4n) is 0.272. The van der Waals surface area contributed by atoms with E-state index in [4.69, 9.17) is 5.73 Å². The topological polar surface area (TPSA) is 38.4 Å². The van der Waals surface area contributed by atoms with Gasteiger partial charge in [0.2, 0.25) is 0 Å². The zero-order valence-corrected chi connectivity index (χ0v) is 6.03. The number of nitrogens with two attached hydrogens (primary N) is 1. The van der Waals surface area contributed by atoms with Crippen molar-refractivity contribution in [1.29, 1.82) is 0 Å². The Kier molecular flexibility index (Phi) is 1.14. The van der Waals surface area contributed by atoms with E-state index in [1.165, 1.54) is 0 Å². The van der Waals surface area contributed by atoms with Gasteiger partial charge in [-0.15, -0.1) is 0 Å². The molecule has 1 aliphatic rings. The Labute approximate surface area is 46.7 Å². The van der Waals surface area contributed by atoms with Gasteiger partial charge in [-0.2, -0.15) is 0 Å². The van der Waals surface area contributed by atoms with Crippen molar-refractivity contribution >= 4 is 27.3 Å². The molecule has 1 rings (SSSR count). The van der Waals surface area contributed by atoms with Crippen molar-refractivity contribution in [2.24, 2.45) is 8.95 Å². The van der Waals surface area contributed by atoms with E-state index in [9.17, 15) is 0 Å². The Hall–Kier alpha value is 0.00870. The molecule has 0 aliphatic carbocycles. The van der Waals surface area contributed by atoms with E-state index in [0.29, 0.717) is 0 Å². The Morgan fingerprint density at radius 2 is 2.67 bits per heavy atom. The van der Waals surface area contributed by atoms with Crippen molar-refractivity contribution in [2.45, 2.75) is 0 Å². The fourth-order valence-corrected chi connectivity index (χ4v) is 1.82. The molecule has 30 valence electrons. The molecule has 0 saturated heterocycles. The SMILES string of the molecule is NC1=[N][Sn][CH]=C1. The first-order chi connectivity index (χ1) is 2.89. The van der Waals surface area contributed by atoms with E-state index in [-0.39, 0.29) is 0 Å². The molecular formula is C3H4N2Sn. The summed E-state index contributed by atoms with van der Waals surface area (Å²) in [5, 5.41) is 0. The number of hydrogen-bond acceptors (Lipinski definition) is 2. The second kappa shape index (κ2) is 1.64. The molecule has 0 amide bonds. The first-order valence-electron chi connectivity index (χ1n) is 1.65. The molecule has 2 radical (unpaired) electrons. The first-order valence-corrected chi connectivity index (χ1v) is 4.57. The predicted octanol–water partition coefficient (Wildman–Crippen LogP) is -0.510. The molecule has 0 unspecified atom stereocenters. The molecule has 1 aliphatic heterocycles. The van der Waals surface area contributed by atoms with Crippen LogP contribution in [0.3, 0.4) is 0 Å². The summed E-state index contributed by atoms with van der Waals surface area (Å²) in [6.07, 6.45) is 1.88. The van der Waals surface area contributed by atoms with Gasteiger partial charge in [-0.3, -0.25) is 0 Å². The summed E-state index contributed by atoms with van der Waals surface area (Å²) < 4.78 is 6.09. The quantitative estimate of drug-likeness (QED) is 0.509. The number of amidine groups is 1. The van der Waals surface area contributed by atoms with Crippen LogP contribution in [-0.4, -0.2) is 27.3 Å². The summed E-state index contributed by atoms with van der Waals surface area (Å²) in [7, 11) is 0. The molecular weight excluding hydrogens is 183 g/mol. The maximum atomic E-state index is 5.24. The Bertz CT molecular complexity index is 103. The average molecular weight is 187 g/mol. The first kappa shape index (κ1) is 4.18. The third-order valence-corrected chi connectivity index (χ3v) is 2.53. The molecule has 0 aromatic carbocycles. The van der Waals surface area contributed by atoms with Crippen molar-refractivity contribution < 1.29 is 0 Å². The van der Waals surface area contributed by atoms with Crippen LogP contribution >= 0.6 is 0 Å². The van der Waals surface area contributed by atoms with Crippen LogP contribution in [0.5, 0.6) is 0 Å². The van der Waals surface area contributed by atoms with Crippen LogP contribution in [0.4, 0.5) is 0 Å². The predicted molar refractivity (Wildman–Crippen MR) is 26.5 cm³/mol. The molecule has 0 aromatic rings. The van der Waals surface area contributed by atoms with Crippen molar-refractivity contribution in [1.82, 2.24) is 0 Å². The van der Waals surface area contributed by atoms with E-state index in [2.05, 4.69) is 7.31 Å². The van der Waals surface area contributed by atoms with Gasteiger partial charge in [0.05, 0.1) is 0 Å². The van der Waals surface area contributed by atoms with Crippen LogP contribution in [0.15, 0.2) is 13.4 Å². The minimum atomic E-state index is -0.444. The molecule has 3 heteroatoms. The third kappa shape index (κ3) is 0.739. The van der Waals surface area contributed by atoms with Crippen LogP contribution < -0.4 is 5.73 Å². The van der Waals surface area contributed by atoms with Gasteiger partial charge in [0.1, 0.15) is 0 Å². The molecule has 0 aromatic heterocycles. The molecule has 6 heavy (non-hydrogen) atoms. The molecule has 0 saturated carbocycles. The zero-order valence-electron chi connectivity index (χ0n) is 3.18. The van der Waals surface area contributed by atoms with Crippen LogP contribution in [-0.2, 0) is 0 Å². The van der Waals surface area contributed by atoms with Crippen molar-refractivity contribution in [3.63, 3.8) is 0 Å². The zero-order chi connectivity index (χ0) is 4.41. The molecule has 1 heterocycles. The molecule has 0 fully saturated rings. The summed E-state index contributed by atoms with van der Waals surface area (Å²) in [6, 6.07) is 0. The average Bonchev–Trinajstić information content (AvgIpc) is 1.86. The van der Waals surface area contributed by atoms with Crippen molar-refractivity contribution in [2.75, 3.05) is 0 Å². The van der Waals surface area contributed by atoms with Gasteiger partial charge in [-0.25, -0.2) is 0 Å². The van der Waals surface area contributed by atoms with Crippen LogP contribution in [0.2, 0.25) is 0 Å². The molecule has 2 N–H and O–H groups in total. The van der Waals surface area contributed by atoms with Crippen LogP contribution in [0, 0.1) is 0 Å². The van der Waals surface area contributed by atoms with Gasteiger partial charge in [-0.05, 0) is 0 Å². The van der Waals surface area contributed by atoms with Gasteiger partial charge in [-0.1, -0.05) is 0 Å². The Morgan fingerprint density at radius 1 is 1.83 bits per heavy atom. The van der Waals surface area contributed by atoms with Gasteiger partial charge >= 0.3 is 46.4 Å². The second-order valence-electron chi connectivity index (χ2n) is 0.999.